The van der Waals surface area contributed by atoms with Gasteiger partial charge in [0.25, 0.3) is 0 Å². The molecule has 2 aliphatic carbocycles. The van der Waals surface area contributed by atoms with Crippen LogP contribution in [0.15, 0.2) is 43.0 Å². The number of terminal acetylenes is 1. The van der Waals surface area contributed by atoms with Crippen molar-refractivity contribution in [3.8, 4) is 12.3 Å². The normalized spacial score (nSPS) is 13.6. The molecule has 0 atom stereocenters. The number of hydrogen-bond acceptors (Lipinski definition) is 0. The van der Waals surface area contributed by atoms with E-state index in [1.165, 1.54) is 102 Å². The summed E-state index contributed by atoms with van der Waals surface area (Å²) in [5, 5.41) is 0. The average molecular weight is 1280 g/mol. The average Bonchev–Trinajstić information content (AvgIpc) is 4.09. The van der Waals surface area contributed by atoms with Crippen LogP contribution in [0.1, 0.15) is 426 Å². The molecule has 2 fully saturated rings. The molecule has 0 N–H and O–H groups in total. The molecule has 2 aliphatic rings. The predicted octanol–water partition coefficient (Wildman–Crippen LogP) is 33.2. The van der Waals surface area contributed by atoms with Gasteiger partial charge in [-0.1, -0.05) is 405 Å². The Morgan fingerprint density at radius 2 is 0.656 bits per heavy atom. The molecule has 90 heavy (non-hydrogen) atoms. The van der Waals surface area contributed by atoms with Crippen molar-refractivity contribution in [1.82, 2.24) is 0 Å². The van der Waals surface area contributed by atoms with E-state index < -0.39 is 12.6 Å². The second-order valence-corrected chi connectivity index (χ2v) is 40.3. The number of hydrogen-bond donors (Lipinski definition) is 0. The molecule has 0 amide bonds. The second kappa shape index (κ2) is 52.5. The SMILES string of the molecule is C.C#CCC(C)(C)C.C=CCC(C)(C)C.CC(C)(C)CC1CC1.CC(C)(C)CC1CCC1.CC(C)(C)CCC(F)(F)F.CC(C)(C)c1ccccc1.CCC(C)(C)C.CCC(C)(C)C.CCC(C)(C)C.CCC(C)(C)C.CCCC(C)(C)C.CCCC(C)(C)C. The molecule has 0 saturated heterocycles. The highest BCUT2D eigenvalue weighted by Crippen LogP contribution is 2.40. The fraction of sp³-hybridized carbons (Fsp3) is 0.885. The molecule has 3 rings (SSSR count). The third kappa shape index (κ3) is 143. The Kier molecular flexibility index (Phi) is 64.0. The summed E-state index contributed by atoms with van der Waals surface area (Å²) in [5.41, 5.74) is 6.65. The van der Waals surface area contributed by atoms with E-state index in [4.69, 9.17) is 6.42 Å². The molecule has 0 radical (unpaired) electrons. The molecular formula is C87H179F3. The van der Waals surface area contributed by atoms with Gasteiger partial charge in [0.1, 0.15) is 0 Å². The van der Waals surface area contributed by atoms with E-state index in [1.54, 1.807) is 20.8 Å². The highest BCUT2D eigenvalue weighted by atomic mass is 19.4. The van der Waals surface area contributed by atoms with Crippen LogP contribution in [-0.2, 0) is 5.41 Å². The molecule has 0 aromatic heterocycles. The first-order valence-corrected chi connectivity index (χ1v) is 36.1. The molecule has 548 valence electrons. The van der Waals surface area contributed by atoms with Crippen LogP contribution >= 0.6 is 0 Å². The minimum Gasteiger partial charge on any atom is -0.171 e. The van der Waals surface area contributed by atoms with Crippen LogP contribution in [0, 0.1) is 83.7 Å². The molecule has 1 aromatic carbocycles. The van der Waals surface area contributed by atoms with Gasteiger partial charge in [0.2, 0.25) is 0 Å². The van der Waals surface area contributed by atoms with Crippen LogP contribution in [0.5, 0.6) is 0 Å². The Morgan fingerprint density at radius 1 is 0.389 bits per heavy atom. The Labute approximate surface area is 574 Å². The molecule has 3 heteroatoms. The summed E-state index contributed by atoms with van der Waals surface area (Å²) in [6.45, 7) is 96.6. The van der Waals surface area contributed by atoms with E-state index in [2.05, 4.69) is 313 Å². The fourth-order valence-corrected chi connectivity index (χ4v) is 6.45. The first-order chi connectivity index (χ1) is 39.0. The first kappa shape index (κ1) is 110. The van der Waals surface area contributed by atoms with Crippen LogP contribution in [0.3, 0.4) is 0 Å². The number of rotatable bonds is 6. The minimum absolute atomic E-state index is 0. The number of benzene rings is 1. The number of allylic oxidation sites excluding steroid dienone is 1. The maximum Gasteiger partial charge on any atom is 0.389 e. The summed E-state index contributed by atoms with van der Waals surface area (Å²) in [7, 11) is 0. The van der Waals surface area contributed by atoms with Crippen molar-refractivity contribution < 1.29 is 13.2 Å². The van der Waals surface area contributed by atoms with E-state index in [0.29, 0.717) is 59.6 Å². The van der Waals surface area contributed by atoms with E-state index >= 15 is 0 Å². The summed E-state index contributed by atoms with van der Waals surface area (Å²) < 4.78 is 34.8. The van der Waals surface area contributed by atoms with Crippen molar-refractivity contribution in [3.05, 3.63) is 48.6 Å². The zero-order chi connectivity index (χ0) is 73.6. The van der Waals surface area contributed by atoms with Crippen molar-refractivity contribution in [1.29, 1.82) is 0 Å². The van der Waals surface area contributed by atoms with Crippen molar-refractivity contribution in [2.45, 2.75) is 432 Å². The van der Waals surface area contributed by atoms with Crippen molar-refractivity contribution in [2.24, 2.45) is 71.4 Å². The smallest absolute Gasteiger partial charge is 0.171 e. The molecular weight excluding hydrogens is 1100 g/mol. The molecule has 2 saturated carbocycles. The van der Waals surface area contributed by atoms with Crippen LogP contribution in [-0.4, -0.2) is 6.18 Å². The highest BCUT2D eigenvalue weighted by molar-refractivity contribution is 5.22. The van der Waals surface area contributed by atoms with Gasteiger partial charge in [0, 0.05) is 12.8 Å². The van der Waals surface area contributed by atoms with Gasteiger partial charge in [0.05, 0.1) is 0 Å². The van der Waals surface area contributed by atoms with Crippen molar-refractivity contribution >= 4 is 0 Å². The molecule has 0 spiro atoms. The van der Waals surface area contributed by atoms with Gasteiger partial charge in [-0.2, -0.15) is 13.2 Å². The lowest BCUT2D eigenvalue weighted by Crippen LogP contribution is -2.18. The second-order valence-electron chi connectivity index (χ2n) is 40.3. The number of halogens is 3. The monoisotopic (exact) mass is 1280 g/mol. The predicted molar refractivity (Wildman–Crippen MR) is 420 cm³/mol. The Bertz CT molecular complexity index is 1600. The minimum atomic E-state index is -3.99. The lowest BCUT2D eigenvalue weighted by molar-refractivity contribution is -0.139. The maximum atomic E-state index is 11.6. The van der Waals surface area contributed by atoms with Gasteiger partial charge >= 0.3 is 6.18 Å². The van der Waals surface area contributed by atoms with Gasteiger partial charge in [-0.15, -0.1) is 18.9 Å². The third-order valence-corrected chi connectivity index (χ3v) is 14.2. The van der Waals surface area contributed by atoms with E-state index in [9.17, 15) is 13.2 Å². The molecule has 0 heterocycles. The Hall–Kier alpha value is -1.69. The van der Waals surface area contributed by atoms with Crippen LogP contribution in [0.2, 0.25) is 0 Å². The Balaban J connectivity index is -0.0000000973. The lowest BCUT2D eigenvalue weighted by atomic mass is 9.74. The van der Waals surface area contributed by atoms with E-state index in [1.807, 2.05) is 6.08 Å². The first-order valence-electron chi connectivity index (χ1n) is 36.1. The van der Waals surface area contributed by atoms with Gasteiger partial charge in [-0.05, 0) is 121 Å². The van der Waals surface area contributed by atoms with Crippen LogP contribution in [0.25, 0.3) is 0 Å². The summed E-state index contributed by atoms with van der Waals surface area (Å²) >= 11 is 0. The standard InChI is InChI=1S/C10H14.C9H18.C8H16.C7H13F3.2C7H16.C7H14.C7H12.4C6H14.CH4/c1-10(2,3)9-7-5-4-6-8-9;1-9(2,3)7-8-5-4-6-8;1-8(2,3)6-7-4-5-7;1-6(2,3)4-5-7(8,9)10;4*1-5-6-7(2,3)4;4*1-5-6(2,3)4;/h4-8H,1-3H3;8H,4-7H2,1-3H3;7H,4-6H2,1-3H3;4-5H2,1-3H3;2*5-6H2,1-4H3;5H,1,6H2,2-4H3;1H,6H2,2-4H3;4*5H2,1-4H3;1H4. The fourth-order valence-electron chi connectivity index (χ4n) is 6.45. The topological polar surface area (TPSA) is 0 Å². The summed E-state index contributed by atoms with van der Waals surface area (Å²) in [6.07, 6.45) is 25.3. The molecule has 1 aromatic rings. The highest BCUT2D eigenvalue weighted by Gasteiger charge is 2.29. The van der Waals surface area contributed by atoms with Crippen molar-refractivity contribution in [3.63, 3.8) is 0 Å². The molecule has 0 bridgehead atoms. The van der Waals surface area contributed by atoms with E-state index in [0.717, 1.165) is 24.7 Å². The van der Waals surface area contributed by atoms with Gasteiger partial charge in [-0.25, -0.2) is 0 Å². The van der Waals surface area contributed by atoms with Crippen molar-refractivity contribution in [2.75, 3.05) is 0 Å². The molecule has 0 aliphatic heterocycles. The zero-order valence-electron chi connectivity index (χ0n) is 70.0. The summed E-state index contributed by atoms with van der Waals surface area (Å²) in [5.74, 6) is 4.77. The van der Waals surface area contributed by atoms with Gasteiger partial charge in [-0.3, -0.25) is 0 Å². The van der Waals surface area contributed by atoms with Crippen LogP contribution < -0.4 is 0 Å². The summed E-state index contributed by atoms with van der Waals surface area (Å²) in [6, 6.07) is 10.6. The molecule has 0 nitrogen and oxygen atoms in total. The van der Waals surface area contributed by atoms with E-state index in [-0.39, 0.29) is 19.3 Å². The van der Waals surface area contributed by atoms with Gasteiger partial charge in [0.15, 0.2) is 0 Å². The number of alkyl halides is 3. The maximum absolute atomic E-state index is 11.6. The largest absolute Gasteiger partial charge is 0.389 e. The quantitative estimate of drug-likeness (QED) is 0.197. The molecule has 0 unspecified atom stereocenters. The lowest BCUT2D eigenvalue weighted by Gasteiger charge is -2.31. The van der Waals surface area contributed by atoms with Crippen LogP contribution in [0.4, 0.5) is 13.2 Å². The van der Waals surface area contributed by atoms with Gasteiger partial charge < -0.3 is 0 Å². The zero-order valence-corrected chi connectivity index (χ0v) is 70.0. The summed E-state index contributed by atoms with van der Waals surface area (Å²) in [4.78, 5) is 0. The Morgan fingerprint density at radius 3 is 0.711 bits per heavy atom. The third-order valence-electron chi connectivity index (χ3n) is 14.2.